The first kappa shape index (κ1) is 13.7. The Morgan fingerprint density at radius 1 is 1.33 bits per heavy atom. The van der Waals surface area contributed by atoms with Gasteiger partial charge in [-0.3, -0.25) is 0 Å². The van der Waals surface area contributed by atoms with Crippen LogP contribution in [0.25, 0.3) is 0 Å². The topological polar surface area (TPSA) is 20.2 Å². The Balaban J connectivity index is 2.35. The molecule has 0 spiro atoms. The molecule has 0 amide bonds. The highest BCUT2D eigenvalue weighted by atomic mass is 79.9. The van der Waals surface area contributed by atoms with Gasteiger partial charge in [0.1, 0.15) is 5.75 Å². The van der Waals surface area contributed by atoms with E-state index >= 15 is 0 Å². The van der Waals surface area contributed by atoms with Gasteiger partial charge in [-0.05, 0) is 43.2 Å². The van der Waals surface area contributed by atoms with Crippen molar-refractivity contribution in [2.24, 2.45) is 5.41 Å². The van der Waals surface area contributed by atoms with Crippen LogP contribution in [0.1, 0.15) is 39.2 Å². The summed E-state index contributed by atoms with van der Waals surface area (Å²) >= 11 is 3.81. The minimum atomic E-state index is 0.157. The molecule has 2 rings (SSSR count). The van der Waals surface area contributed by atoms with Gasteiger partial charge in [-0.25, -0.2) is 0 Å². The van der Waals surface area contributed by atoms with Crippen LogP contribution in [-0.4, -0.2) is 9.93 Å². The molecule has 1 aliphatic rings. The van der Waals surface area contributed by atoms with Gasteiger partial charge in [-0.1, -0.05) is 59.1 Å². The molecule has 0 aliphatic heterocycles. The van der Waals surface area contributed by atoms with E-state index in [9.17, 15) is 5.11 Å². The van der Waals surface area contributed by atoms with E-state index in [0.717, 1.165) is 18.4 Å². The van der Waals surface area contributed by atoms with E-state index in [2.05, 4.69) is 36.7 Å². The van der Waals surface area contributed by atoms with Crippen LogP contribution in [0.4, 0.5) is 0 Å². The third-order valence-electron chi connectivity index (χ3n) is 4.21. The first-order valence-electron chi connectivity index (χ1n) is 6.53. The minimum Gasteiger partial charge on any atom is -0.508 e. The van der Waals surface area contributed by atoms with Crippen molar-refractivity contribution in [3.63, 3.8) is 0 Å². The first-order chi connectivity index (χ1) is 8.43. The fourth-order valence-corrected chi connectivity index (χ4v) is 3.33. The molecule has 0 fully saturated rings. The van der Waals surface area contributed by atoms with Crippen molar-refractivity contribution in [3.05, 3.63) is 41.0 Å². The molecule has 0 unspecified atom stereocenters. The van der Waals surface area contributed by atoms with Gasteiger partial charge >= 0.3 is 0 Å². The van der Waals surface area contributed by atoms with Crippen LogP contribution >= 0.6 is 15.9 Å². The van der Waals surface area contributed by atoms with Gasteiger partial charge in [0, 0.05) is 4.83 Å². The zero-order chi connectivity index (χ0) is 13.3. The van der Waals surface area contributed by atoms with Crippen molar-refractivity contribution in [2.45, 2.75) is 44.9 Å². The third kappa shape index (κ3) is 2.49. The molecule has 0 bridgehead atoms. The van der Waals surface area contributed by atoms with Crippen LogP contribution in [0.2, 0.25) is 0 Å². The number of hydrogen-bond donors (Lipinski definition) is 1. The normalized spacial score (nSPS) is 23.2. The van der Waals surface area contributed by atoms with Gasteiger partial charge < -0.3 is 5.11 Å². The number of alkyl halides is 1. The Hall–Kier alpha value is -0.760. The van der Waals surface area contributed by atoms with Gasteiger partial charge in [0.2, 0.25) is 0 Å². The Morgan fingerprint density at radius 3 is 2.67 bits per heavy atom. The largest absolute Gasteiger partial charge is 0.508 e. The summed E-state index contributed by atoms with van der Waals surface area (Å²) in [4.78, 5) is 0.523. The lowest BCUT2D eigenvalue weighted by Crippen LogP contribution is -2.32. The van der Waals surface area contributed by atoms with Gasteiger partial charge in [-0.2, -0.15) is 0 Å². The average molecular weight is 309 g/mol. The lowest BCUT2D eigenvalue weighted by atomic mass is 9.70. The molecule has 98 valence electrons. The average Bonchev–Trinajstić information content (AvgIpc) is 2.32. The summed E-state index contributed by atoms with van der Waals surface area (Å²) in [5.74, 6) is 0.408. The highest BCUT2D eigenvalue weighted by Gasteiger charge is 2.35. The van der Waals surface area contributed by atoms with Crippen molar-refractivity contribution in [1.29, 1.82) is 0 Å². The van der Waals surface area contributed by atoms with Crippen molar-refractivity contribution in [2.75, 3.05) is 0 Å². The van der Waals surface area contributed by atoms with E-state index in [0.29, 0.717) is 10.6 Å². The van der Waals surface area contributed by atoms with E-state index < -0.39 is 0 Å². The molecule has 0 saturated carbocycles. The van der Waals surface area contributed by atoms with E-state index in [-0.39, 0.29) is 5.41 Å². The molecule has 2 heteroatoms. The number of benzene rings is 1. The number of rotatable bonds is 2. The second-order valence-corrected chi connectivity index (χ2v) is 6.90. The van der Waals surface area contributed by atoms with Crippen LogP contribution in [0, 0.1) is 5.41 Å². The zero-order valence-corrected chi connectivity index (χ0v) is 12.9. The van der Waals surface area contributed by atoms with Gasteiger partial charge in [-0.15, -0.1) is 0 Å². The number of hydrogen-bond acceptors (Lipinski definition) is 1. The number of phenols is 1. The monoisotopic (exact) mass is 308 g/mol. The third-order valence-corrected chi connectivity index (χ3v) is 5.81. The molecule has 1 atom stereocenters. The molecule has 0 radical (unpaired) electrons. The predicted molar refractivity (Wildman–Crippen MR) is 80.2 cm³/mol. The molecule has 0 saturated heterocycles. The molecule has 1 aromatic carbocycles. The number of allylic oxidation sites excluding steroid dienone is 2. The fraction of sp³-hybridized carbons (Fsp3) is 0.500. The maximum atomic E-state index is 9.93. The summed E-state index contributed by atoms with van der Waals surface area (Å²) in [7, 11) is 0. The fourth-order valence-electron chi connectivity index (χ4n) is 2.82. The molecular weight excluding hydrogens is 288 g/mol. The lowest BCUT2D eigenvalue weighted by molar-refractivity contribution is 0.377. The van der Waals surface area contributed by atoms with Crippen molar-refractivity contribution in [1.82, 2.24) is 0 Å². The first-order valence-corrected chi connectivity index (χ1v) is 7.44. The Bertz CT molecular complexity index is 474. The van der Waals surface area contributed by atoms with Crippen molar-refractivity contribution < 1.29 is 5.11 Å². The molecule has 1 N–H and O–H groups in total. The summed E-state index contributed by atoms with van der Waals surface area (Å²) in [6.07, 6.45) is 3.21. The highest BCUT2D eigenvalue weighted by Crippen LogP contribution is 2.45. The summed E-state index contributed by atoms with van der Waals surface area (Å²) < 4.78 is 0. The van der Waals surface area contributed by atoms with Crippen LogP contribution < -0.4 is 0 Å². The van der Waals surface area contributed by atoms with Crippen LogP contribution in [0.5, 0.6) is 5.75 Å². The SMILES string of the molecule is CC1=C(Cc2ccccc2O)C(C)(C)[C@@H](Br)CC1. The Kier molecular flexibility index (Phi) is 3.86. The standard InChI is InChI=1S/C16H21BrO/c1-11-8-9-15(17)16(2,3)13(11)10-12-6-4-5-7-14(12)18/h4-7,15,18H,8-10H2,1-3H3/t15-/m0/s1. The van der Waals surface area contributed by atoms with Crippen molar-refractivity contribution in [3.8, 4) is 5.75 Å². The second kappa shape index (κ2) is 5.08. The van der Waals surface area contributed by atoms with Crippen LogP contribution in [0.15, 0.2) is 35.4 Å². The number of para-hydroxylation sites is 1. The summed E-state index contributed by atoms with van der Waals surface area (Å²) in [6, 6.07) is 7.65. The van der Waals surface area contributed by atoms with Gasteiger partial charge in [0.05, 0.1) is 0 Å². The molecule has 1 nitrogen and oxygen atoms in total. The predicted octanol–water partition coefficient (Wildman–Crippen LogP) is 4.83. The molecular formula is C16H21BrO. The smallest absolute Gasteiger partial charge is 0.119 e. The number of halogens is 1. The molecule has 0 aromatic heterocycles. The Labute approximate surface area is 118 Å². The summed E-state index contributed by atoms with van der Waals surface area (Å²) in [6.45, 7) is 6.82. The zero-order valence-electron chi connectivity index (χ0n) is 11.3. The molecule has 0 heterocycles. The molecule has 1 aliphatic carbocycles. The maximum Gasteiger partial charge on any atom is 0.119 e. The molecule has 1 aromatic rings. The number of aromatic hydroxyl groups is 1. The summed E-state index contributed by atoms with van der Waals surface area (Å²) in [5.41, 5.74) is 4.14. The minimum absolute atomic E-state index is 0.157. The lowest BCUT2D eigenvalue weighted by Gasteiger charge is -2.39. The second-order valence-electron chi connectivity index (χ2n) is 5.79. The van der Waals surface area contributed by atoms with Gasteiger partial charge in [0.15, 0.2) is 0 Å². The van der Waals surface area contributed by atoms with Gasteiger partial charge in [0.25, 0.3) is 0 Å². The maximum absolute atomic E-state index is 9.93. The van der Waals surface area contributed by atoms with E-state index in [4.69, 9.17) is 0 Å². The Morgan fingerprint density at radius 2 is 2.00 bits per heavy atom. The van der Waals surface area contributed by atoms with Crippen LogP contribution in [-0.2, 0) is 6.42 Å². The quantitative estimate of drug-likeness (QED) is 0.612. The molecule has 18 heavy (non-hydrogen) atoms. The van der Waals surface area contributed by atoms with E-state index in [1.54, 1.807) is 6.07 Å². The van der Waals surface area contributed by atoms with E-state index in [1.165, 1.54) is 17.6 Å². The number of phenolic OH excluding ortho intramolecular Hbond substituents is 1. The van der Waals surface area contributed by atoms with Crippen molar-refractivity contribution >= 4 is 15.9 Å². The van der Waals surface area contributed by atoms with E-state index in [1.807, 2.05) is 18.2 Å². The van der Waals surface area contributed by atoms with Crippen LogP contribution in [0.3, 0.4) is 0 Å². The summed E-state index contributed by atoms with van der Waals surface area (Å²) in [5, 5.41) is 9.93. The highest BCUT2D eigenvalue weighted by molar-refractivity contribution is 9.09.